The lowest BCUT2D eigenvalue weighted by molar-refractivity contribution is -0.129. The van der Waals surface area contributed by atoms with Crippen LogP contribution in [0.15, 0.2) is 60.9 Å². The van der Waals surface area contributed by atoms with E-state index in [2.05, 4.69) is 20.0 Å². The number of hydrogen-bond acceptors (Lipinski definition) is 7. The van der Waals surface area contributed by atoms with E-state index in [9.17, 15) is 22.8 Å². The molecular weight excluding hydrogens is 479 g/mol. The van der Waals surface area contributed by atoms with Gasteiger partial charge in [-0.25, -0.2) is 9.78 Å². The van der Waals surface area contributed by atoms with Crippen molar-refractivity contribution >= 4 is 29.7 Å². The second kappa shape index (κ2) is 9.90. The Labute approximate surface area is 202 Å². The molecular formula is C23H20F3N7O3. The lowest BCUT2D eigenvalue weighted by Crippen LogP contribution is -2.43. The molecule has 0 aliphatic heterocycles. The number of nitrogens with zero attached hydrogens (tertiary/aromatic N) is 6. The molecule has 36 heavy (non-hydrogen) atoms. The fourth-order valence-electron chi connectivity index (χ4n) is 3.38. The molecule has 0 spiro atoms. The van der Waals surface area contributed by atoms with Crippen LogP contribution in [0.5, 0.6) is 0 Å². The maximum Gasteiger partial charge on any atom is 0.405 e. The van der Waals surface area contributed by atoms with Crippen molar-refractivity contribution in [1.82, 2.24) is 24.9 Å². The number of imidazole rings is 1. The summed E-state index contributed by atoms with van der Waals surface area (Å²) in [7, 11) is 3.74. The van der Waals surface area contributed by atoms with Gasteiger partial charge in [-0.2, -0.15) is 13.2 Å². The van der Waals surface area contributed by atoms with Crippen molar-refractivity contribution in [3.8, 4) is 22.5 Å². The van der Waals surface area contributed by atoms with Crippen molar-refractivity contribution in [3.63, 3.8) is 0 Å². The molecule has 1 aromatic carbocycles. The average Bonchev–Trinajstić information content (AvgIpc) is 3.29. The van der Waals surface area contributed by atoms with Gasteiger partial charge in [-0.1, -0.05) is 12.1 Å². The van der Waals surface area contributed by atoms with Crippen LogP contribution in [0.3, 0.4) is 0 Å². The van der Waals surface area contributed by atoms with Gasteiger partial charge in [-0.05, 0) is 36.4 Å². The van der Waals surface area contributed by atoms with Crippen molar-refractivity contribution in [2.24, 2.45) is 0 Å². The van der Waals surface area contributed by atoms with Crippen molar-refractivity contribution in [1.29, 1.82) is 0 Å². The number of carbonyl (C=O) groups is 2. The number of benzene rings is 1. The number of hydrogen-bond donors (Lipinski definition) is 1. The molecule has 0 atom stereocenters. The summed E-state index contributed by atoms with van der Waals surface area (Å²) in [5, 5.41) is 10.5. The van der Waals surface area contributed by atoms with Crippen molar-refractivity contribution < 1.29 is 27.6 Å². The third-order valence-electron chi connectivity index (χ3n) is 5.07. The molecule has 0 saturated carbocycles. The summed E-state index contributed by atoms with van der Waals surface area (Å²) >= 11 is 0. The number of nitrogens with one attached hydrogen (secondary N) is 1. The molecule has 3 heterocycles. The fourth-order valence-corrected chi connectivity index (χ4v) is 3.38. The number of fused-ring (bicyclic) bond motifs is 1. The van der Waals surface area contributed by atoms with Crippen LogP contribution in [0.1, 0.15) is 0 Å². The van der Waals surface area contributed by atoms with Crippen LogP contribution in [0.25, 0.3) is 28.2 Å². The van der Waals surface area contributed by atoms with Crippen LogP contribution in [0.2, 0.25) is 0 Å². The van der Waals surface area contributed by atoms with Gasteiger partial charge in [-0.15, -0.1) is 15.3 Å². The first-order valence-corrected chi connectivity index (χ1v) is 10.5. The van der Waals surface area contributed by atoms with Crippen LogP contribution in [0, 0.1) is 0 Å². The van der Waals surface area contributed by atoms with E-state index in [1.807, 2.05) is 43.3 Å². The SMILES string of the molecule is CN(C)c1ccc(-c2ccn3c(-c4cccc(N(OC=O)C(=O)NCC(F)(F)F)c4)cnc3c2)nn1. The molecule has 4 rings (SSSR count). The Morgan fingerprint density at radius 2 is 1.92 bits per heavy atom. The van der Waals surface area contributed by atoms with E-state index in [0.29, 0.717) is 27.7 Å². The number of hydroxylamine groups is 1. The van der Waals surface area contributed by atoms with Crippen LogP contribution in [0.4, 0.5) is 29.5 Å². The number of rotatable bonds is 7. The summed E-state index contributed by atoms with van der Waals surface area (Å²) in [6.07, 6.45) is -1.23. The number of amides is 2. The molecule has 3 aromatic heterocycles. The second-order valence-electron chi connectivity index (χ2n) is 7.78. The zero-order valence-corrected chi connectivity index (χ0v) is 19.1. The van der Waals surface area contributed by atoms with Gasteiger partial charge in [0.2, 0.25) is 0 Å². The van der Waals surface area contributed by atoms with E-state index < -0.39 is 18.8 Å². The van der Waals surface area contributed by atoms with Crippen molar-refractivity contribution in [2.45, 2.75) is 6.18 Å². The summed E-state index contributed by atoms with van der Waals surface area (Å²) in [5.41, 5.74) is 3.33. The van der Waals surface area contributed by atoms with Crippen LogP contribution in [-0.4, -0.2) is 58.9 Å². The molecule has 1 N–H and O–H groups in total. The first-order valence-electron chi connectivity index (χ1n) is 10.5. The molecule has 13 heteroatoms. The van der Waals surface area contributed by atoms with E-state index in [1.54, 1.807) is 34.2 Å². The summed E-state index contributed by atoms with van der Waals surface area (Å²) in [6, 6.07) is 12.3. The highest BCUT2D eigenvalue weighted by molar-refractivity contribution is 5.91. The lowest BCUT2D eigenvalue weighted by Gasteiger charge is -2.20. The molecule has 0 radical (unpaired) electrons. The molecule has 0 unspecified atom stereocenters. The van der Waals surface area contributed by atoms with Crippen LogP contribution < -0.4 is 15.3 Å². The number of alkyl halides is 3. The van der Waals surface area contributed by atoms with E-state index in [0.717, 1.165) is 11.4 Å². The number of urea groups is 1. The predicted molar refractivity (Wildman–Crippen MR) is 125 cm³/mol. The monoisotopic (exact) mass is 499 g/mol. The number of aromatic nitrogens is 4. The molecule has 2 amide bonds. The van der Waals surface area contributed by atoms with Gasteiger partial charge in [0.15, 0.2) is 5.82 Å². The molecule has 0 fully saturated rings. The normalized spacial score (nSPS) is 11.2. The zero-order chi connectivity index (χ0) is 25.9. The minimum absolute atomic E-state index is 0.0436. The van der Waals surface area contributed by atoms with E-state index in [1.165, 1.54) is 12.1 Å². The number of pyridine rings is 1. The number of halogens is 3. The van der Waals surface area contributed by atoms with E-state index >= 15 is 0 Å². The van der Waals surface area contributed by atoms with Crippen LogP contribution >= 0.6 is 0 Å². The smallest absolute Gasteiger partial charge is 0.361 e. The Morgan fingerprint density at radius 3 is 2.58 bits per heavy atom. The zero-order valence-electron chi connectivity index (χ0n) is 19.1. The molecule has 0 aliphatic rings. The third-order valence-corrected chi connectivity index (χ3v) is 5.07. The molecule has 4 aromatic rings. The fraction of sp³-hybridized carbons (Fsp3) is 0.174. The maximum absolute atomic E-state index is 12.5. The first kappa shape index (κ1) is 24.4. The van der Waals surface area contributed by atoms with Crippen LogP contribution in [-0.2, 0) is 9.63 Å². The Hall–Kier alpha value is -4.68. The largest absolute Gasteiger partial charge is 0.405 e. The van der Waals surface area contributed by atoms with Gasteiger partial charge in [0.1, 0.15) is 12.2 Å². The lowest BCUT2D eigenvalue weighted by atomic mass is 10.1. The minimum atomic E-state index is -4.63. The van der Waals surface area contributed by atoms with Gasteiger partial charge < -0.3 is 15.1 Å². The second-order valence-corrected chi connectivity index (χ2v) is 7.78. The van der Waals surface area contributed by atoms with Crippen molar-refractivity contribution in [3.05, 3.63) is 60.9 Å². The van der Waals surface area contributed by atoms with E-state index in [4.69, 9.17) is 0 Å². The molecule has 10 nitrogen and oxygen atoms in total. The summed E-state index contributed by atoms with van der Waals surface area (Å²) in [5.74, 6) is 0.725. The minimum Gasteiger partial charge on any atom is -0.361 e. The molecule has 186 valence electrons. The predicted octanol–water partition coefficient (Wildman–Crippen LogP) is 3.69. The Balaban J connectivity index is 1.63. The van der Waals surface area contributed by atoms with Gasteiger partial charge in [-0.3, -0.25) is 9.20 Å². The molecule has 0 bridgehead atoms. The highest BCUT2D eigenvalue weighted by Crippen LogP contribution is 2.28. The standard InChI is InChI=1S/C23H20F3N7O3/c1-31(2)20-7-6-18(29-30-20)15-8-9-32-19(12-27-21(32)11-15)16-4-3-5-17(10-16)33(36-14-34)22(35)28-13-23(24,25)26/h3-12,14H,13H2,1-2H3,(H,28,35). The Kier molecular flexibility index (Phi) is 6.72. The van der Waals surface area contributed by atoms with Gasteiger partial charge in [0.05, 0.1) is 23.3 Å². The Morgan fingerprint density at radius 1 is 1.11 bits per heavy atom. The van der Waals surface area contributed by atoms with Crippen molar-refractivity contribution in [2.75, 3.05) is 30.6 Å². The van der Waals surface area contributed by atoms with Gasteiger partial charge in [0.25, 0.3) is 0 Å². The van der Waals surface area contributed by atoms with Gasteiger partial charge >= 0.3 is 18.7 Å². The molecule has 0 aliphatic carbocycles. The Bertz CT molecular complexity index is 1390. The highest BCUT2D eigenvalue weighted by Gasteiger charge is 2.30. The number of carbonyl (C=O) groups excluding carboxylic acids is 2. The first-order chi connectivity index (χ1) is 17.2. The topological polar surface area (TPSA) is 105 Å². The summed E-state index contributed by atoms with van der Waals surface area (Å²) < 4.78 is 39.3. The highest BCUT2D eigenvalue weighted by atomic mass is 19.4. The molecule has 0 saturated heterocycles. The number of anilines is 2. The average molecular weight is 499 g/mol. The maximum atomic E-state index is 12.5. The summed E-state index contributed by atoms with van der Waals surface area (Å²) in [6.45, 7) is -1.63. The quantitative estimate of drug-likeness (QED) is 0.305. The van der Waals surface area contributed by atoms with Gasteiger partial charge in [0, 0.05) is 31.4 Å². The van der Waals surface area contributed by atoms with E-state index in [-0.39, 0.29) is 12.2 Å². The third kappa shape index (κ3) is 5.35. The summed E-state index contributed by atoms with van der Waals surface area (Å²) in [4.78, 5) is 34.0.